The lowest BCUT2D eigenvalue weighted by Gasteiger charge is -2.21. The molecule has 1 aliphatic rings. The molecule has 2 aromatic carbocycles. The summed E-state index contributed by atoms with van der Waals surface area (Å²) >= 11 is 6.10. The number of halogens is 1. The zero-order chi connectivity index (χ0) is 18.3. The Labute approximate surface area is 154 Å². The third-order valence-electron chi connectivity index (χ3n) is 4.36. The molecule has 0 radical (unpaired) electrons. The lowest BCUT2D eigenvalue weighted by molar-refractivity contribution is 0.0675. The molecule has 0 bridgehead atoms. The smallest absolute Gasteiger partial charge is 0.356 e. The van der Waals surface area contributed by atoms with Crippen LogP contribution >= 0.6 is 11.6 Å². The summed E-state index contributed by atoms with van der Waals surface area (Å²) in [6, 6.07) is 14.5. The Morgan fingerprint density at radius 1 is 1.19 bits per heavy atom. The van der Waals surface area contributed by atoms with Crippen molar-refractivity contribution >= 4 is 23.5 Å². The summed E-state index contributed by atoms with van der Waals surface area (Å²) < 4.78 is 1.65. The zero-order valence-corrected chi connectivity index (χ0v) is 14.3. The molecule has 4 rings (SSSR count). The number of aromatic carboxylic acids is 1. The van der Waals surface area contributed by atoms with Crippen LogP contribution in [0.15, 0.2) is 54.9 Å². The fraction of sp³-hybridized carbons (Fsp3) is 0.105. The normalized spacial score (nSPS) is 13.1. The number of hydrogen-bond acceptors (Lipinski definition) is 3. The van der Waals surface area contributed by atoms with Crippen LogP contribution in [0.25, 0.3) is 5.69 Å². The third kappa shape index (κ3) is 2.74. The average Bonchev–Trinajstić information content (AvgIpc) is 3.01. The average molecular weight is 368 g/mol. The number of hydrogen-bond donors (Lipinski definition) is 1. The van der Waals surface area contributed by atoms with Crippen LogP contribution in [-0.2, 0) is 13.1 Å². The van der Waals surface area contributed by atoms with E-state index in [0.717, 1.165) is 5.56 Å². The fourth-order valence-corrected chi connectivity index (χ4v) is 3.33. The first-order valence-corrected chi connectivity index (χ1v) is 8.35. The summed E-state index contributed by atoms with van der Waals surface area (Å²) in [6.07, 6.45) is 1.44. The number of fused-ring (bicyclic) bond motifs is 3. The monoisotopic (exact) mass is 367 g/mol. The van der Waals surface area contributed by atoms with Crippen molar-refractivity contribution in [2.75, 3.05) is 0 Å². The molecule has 0 atom stereocenters. The third-order valence-corrected chi connectivity index (χ3v) is 4.60. The van der Waals surface area contributed by atoms with E-state index >= 15 is 0 Å². The number of aromatic nitrogens is 2. The van der Waals surface area contributed by atoms with Crippen LogP contribution in [0.3, 0.4) is 0 Å². The van der Waals surface area contributed by atoms with Gasteiger partial charge in [0.1, 0.15) is 6.33 Å². The first kappa shape index (κ1) is 16.4. The van der Waals surface area contributed by atoms with Crippen molar-refractivity contribution in [3.05, 3.63) is 82.4 Å². The van der Waals surface area contributed by atoms with Crippen molar-refractivity contribution < 1.29 is 14.7 Å². The van der Waals surface area contributed by atoms with Crippen molar-refractivity contribution in [1.82, 2.24) is 14.5 Å². The largest absolute Gasteiger partial charge is 0.476 e. The van der Waals surface area contributed by atoms with Gasteiger partial charge in [0.15, 0.2) is 5.69 Å². The lowest BCUT2D eigenvalue weighted by Crippen LogP contribution is -2.29. The Kier molecular flexibility index (Phi) is 3.97. The second-order valence-corrected chi connectivity index (χ2v) is 6.46. The van der Waals surface area contributed by atoms with E-state index in [9.17, 15) is 14.7 Å². The molecule has 0 spiro atoms. The molecule has 2 heterocycles. The predicted molar refractivity (Wildman–Crippen MR) is 95.6 cm³/mol. The first-order chi connectivity index (χ1) is 12.5. The van der Waals surface area contributed by atoms with Crippen LogP contribution in [0.1, 0.15) is 32.1 Å². The lowest BCUT2D eigenvalue weighted by atomic mass is 10.1. The molecule has 6 nitrogen and oxygen atoms in total. The van der Waals surface area contributed by atoms with Gasteiger partial charge in [0.2, 0.25) is 0 Å². The van der Waals surface area contributed by atoms with E-state index in [2.05, 4.69) is 4.98 Å². The Hall–Kier alpha value is -3.12. The predicted octanol–water partition coefficient (Wildman–Crippen LogP) is 3.38. The van der Waals surface area contributed by atoms with Gasteiger partial charge in [-0.2, -0.15) is 0 Å². The van der Waals surface area contributed by atoms with Crippen LogP contribution in [0.4, 0.5) is 0 Å². The molecule has 1 N–H and O–H groups in total. The van der Waals surface area contributed by atoms with Gasteiger partial charge < -0.3 is 10.0 Å². The first-order valence-electron chi connectivity index (χ1n) is 7.97. The maximum atomic E-state index is 13.1. The standard InChI is InChI=1S/C19H14ClN3O3/c20-13-6-7-15-14(8-13)18(24)22(9-12-4-2-1-3-5-12)10-16-17(19(25)26)21-11-23(15)16/h1-8,11H,9-10H2,(H,25,26). The summed E-state index contributed by atoms with van der Waals surface area (Å²) in [5.41, 5.74) is 2.35. The minimum absolute atomic E-state index is 0.0568. The zero-order valence-electron chi connectivity index (χ0n) is 13.6. The molecular weight excluding hydrogens is 354 g/mol. The molecular formula is C19H14ClN3O3. The van der Waals surface area contributed by atoms with Gasteiger partial charge >= 0.3 is 5.97 Å². The van der Waals surface area contributed by atoms with Crippen molar-refractivity contribution in [2.45, 2.75) is 13.1 Å². The van der Waals surface area contributed by atoms with Gasteiger partial charge in [0.05, 0.1) is 23.5 Å². The molecule has 0 unspecified atom stereocenters. The molecule has 1 amide bonds. The van der Waals surface area contributed by atoms with E-state index in [1.165, 1.54) is 6.33 Å². The van der Waals surface area contributed by atoms with Gasteiger partial charge in [0, 0.05) is 11.6 Å². The maximum Gasteiger partial charge on any atom is 0.356 e. The highest BCUT2D eigenvalue weighted by Crippen LogP contribution is 2.29. The Morgan fingerprint density at radius 2 is 1.96 bits per heavy atom. The van der Waals surface area contributed by atoms with Gasteiger partial charge in [-0.05, 0) is 23.8 Å². The summed E-state index contributed by atoms with van der Waals surface area (Å²) in [7, 11) is 0. The van der Waals surface area contributed by atoms with Gasteiger partial charge in [-0.3, -0.25) is 9.36 Å². The van der Waals surface area contributed by atoms with Crippen molar-refractivity contribution in [1.29, 1.82) is 0 Å². The molecule has 7 heteroatoms. The number of carbonyl (C=O) groups excluding carboxylic acids is 1. The summed E-state index contributed by atoms with van der Waals surface area (Å²) in [5.74, 6) is -1.32. The minimum atomic E-state index is -1.12. The number of amides is 1. The maximum absolute atomic E-state index is 13.1. The van der Waals surface area contributed by atoms with Crippen molar-refractivity contribution in [3.63, 3.8) is 0 Å². The van der Waals surface area contributed by atoms with Crippen molar-refractivity contribution in [3.8, 4) is 5.69 Å². The van der Waals surface area contributed by atoms with Crippen LogP contribution in [0.5, 0.6) is 0 Å². The van der Waals surface area contributed by atoms with E-state index in [0.29, 0.717) is 28.5 Å². The van der Waals surface area contributed by atoms with E-state index in [4.69, 9.17) is 11.6 Å². The highest BCUT2D eigenvalue weighted by Gasteiger charge is 2.30. The summed E-state index contributed by atoms with van der Waals surface area (Å²) in [6.45, 7) is 0.498. The molecule has 0 saturated carbocycles. The van der Waals surface area contributed by atoms with Crippen LogP contribution < -0.4 is 0 Å². The van der Waals surface area contributed by atoms with Gasteiger partial charge in [-0.1, -0.05) is 41.9 Å². The van der Waals surface area contributed by atoms with Crippen LogP contribution in [-0.4, -0.2) is 31.4 Å². The number of imidazole rings is 1. The van der Waals surface area contributed by atoms with Crippen LogP contribution in [0, 0.1) is 0 Å². The number of nitrogens with zero attached hydrogens (tertiary/aromatic N) is 3. The van der Waals surface area contributed by atoms with Gasteiger partial charge in [-0.15, -0.1) is 0 Å². The van der Waals surface area contributed by atoms with E-state index in [1.807, 2.05) is 30.3 Å². The number of rotatable bonds is 3. The Balaban J connectivity index is 1.87. The summed E-state index contributed by atoms with van der Waals surface area (Å²) in [4.78, 5) is 30.3. The number of carboxylic acids is 1. The Bertz CT molecular complexity index is 1010. The van der Waals surface area contributed by atoms with Crippen LogP contribution in [0.2, 0.25) is 5.02 Å². The highest BCUT2D eigenvalue weighted by atomic mass is 35.5. The minimum Gasteiger partial charge on any atom is -0.476 e. The molecule has 1 aliphatic heterocycles. The molecule has 0 aliphatic carbocycles. The van der Waals surface area contributed by atoms with E-state index in [-0.39, 0.29) is 18.1 Å². The second-order valence-electron chi connectivity index (χ2n) is 6.02. The second kappa shape index (κ2) is 6.31. The number of benzene rings is 2. The number of carboxylic acid groups (broad SMARTS) is 1. The van der Waals surface area contributed by atoms with E-state index in [1.54, 1.807) is 27.7 Å². The Morgan fingerprint density at radius 3 is 2.69 bits per heavy atom. The quantitative estimate of drug-likeness (QED) is 0.770. The van der Waals surface area contributed by atoms with Crippen molar-refractivity contribution in [2.24, 2.45) is 0 Å². The number of carbonyl (C=O) groups is 2. The van der Waals surface area contributed by atoms with Gasteiger partial charge in [-0.25, -0.2) is 9.78 Å². The molecule has 1 aromatic heterocycles. The molecule has 3 aromatic rings. The molecule has 26 heavy (non-hydrogen) atoms. The topological polar surface area (TPSA) is 75.4 Å². The van der Waals surface area contributed by atoms with Gasteiger partial charge in [0.25, 0.3) is 5.91 Å². The molecule has 0 saturated heterocycles. The SMILES string of the molecule is O=C(O)c1ncn2c1CN(Cc1ccccc1)C(=O)c1cc(Cl)ccc1-2. The highest BCUT2D eigenvalue weighted by molar-refractivity contribution is 6.31. The van der Waals surface area contributed by atoms with E-state index < -0.39 is 5.97 Å². The molecule has 130 valence electrons. The fourth-order valence-electron chi connectivity index (χ4n) is 3.16. The molecule has 0 fully saturated rings. The summed E-state index contributed by atoms with van der Waals surface area (Å²) in [5, 5.41) is 9.90.